The van der Waals surface area contributed by atoms with Gasteiger partial charge in [0, 0.05) is 50.0 Å². The van der Waals surface area contributed by atoms with Gasteiger partial charge in [0.15, 0.2) is 11.4 Å². The van der Waals surface area contributed by atoms with Crippen LogP contribution in [0.2, 0.25) is 0 Å². The average molecular weight is 459 g/mol. The first-order valence-electron chi connectivity index (χ1n) is 11.2. The number of aromatic hydroxyl groups is 2. The average Bonchev–Trinajstić information content (AvgIpc) is 2.85. The molecule has 0 spiro atoms. The Morgan fingerprint density at radius 2 is 1.09 bits per heavy atom. The summed E-state index contributed by atoms with van der Waals surface area (Å²) in [6.45, 7) is 10.9. The molecule has 2 rings (SSSR count). The van der Waals surface area contributed by atoms with Crippen molar-refractivity contribution in [1.82, 2.24) is 0 Å². The molecule has 0 heterocycles. The van der Waals surface area contributed by atoms with Crippen molar-refractivity contribution in [1.29, 1.82) is 10.5 Å². The van der Waals surface area contributed by atoms with Crippen LogP contribution in [-0.2, 0) is 0 Å². The van der Waals surface area contributed by atoms with Gasteiger partial charge in [0.05, 0.1) is 11.1 Å². The lowest BCUT2D eigenvalue weighted by molar-refractivity contribution is 0.474. The van der Waals surface area contributed by atoms with Crippen molar-refractivity contribution in [2.45, 2.75) is 27.7 Å². The van der Waals surface area contributed by atoms with Gasteiger partial charge in [-0.15, -0.1) is 0 Å². The van der Waals surface area contributed by atoms with E-state index in [-0.39, 0.29) is 22.9 Å². The van der Waals surface area contributed by atoms with Crippen LogP contribution in [0.15, 0.2) is 57.8 Å². The van der Waals surface area contributed by atoms with Gasteiger partial charge < -0.3 is 20.0 Å². The van der Waals surface area contributed by atoms with Gasteiger partial charge in [-0.25, -0.2) is 9.98 Å². The predicted molar refractivity (Wildman–Crippen MR) is 137 cm³/mol. The van der Waals surface area contributed by atoms with E-state index >= 15 is 0 Å². The summed E-state index contributed by atoms with van der Waals surface area (Å²) in [6, 6.07) is 14.1. The number of hydrogen-bond acceptors (Lipinski definition) is 8. The van der Waals surface area contributed by atoms with Crippen LogP contribution < -0.4 is 9.80 Å². The molecule has 2 aromatic carbocycles. The number of phenols is 2. The number of benzene rings is 2. The number of phenolic OH excluding ortho intramolecular Hbond substituents is 2. The molecule has 176 valence electrons. The van der Waals surface area contributed by atoms with E-state index in [0.717, 1.165) is 37.6 Å². The number of anilines is 2. The summed E-state index contributed by atoms with van der Waals surface area (Å²) in [6.07, 6.45) is 2.74. The Bertz CT molecular complexity index is 1070. The van der Waals surface area contributed by atoms with Crippen molar-refractivity contribution in [2.75, 3.05) is 36.0 Å². The summed E-state index contributed by atoms with van der Waals surface area (Å²) in [5, 5.41) is 40.0. The smallest absolute Gasteiger partial charge is 0.176 e. The molecule has 0 amide bonds. The molecule has 2 aromatic rings. The molecular weight excluding hydrogens is 428 g/mol. The van der Waals surface area contributed by atoms with Crippen LogP contribution in [0.25, 0.3) is 0 Å². The lowest BCUT2D eigenvalue weighted by Crippen LogP contribution is -2.23. The number of rotatable bonds is 10. The highest BCUT2D eigenvalue weighted by atomic mass is 16.3. The topological polar surface area (TPSA) is 119 Å². The van der Waals surface area contributed by atoms with Crippen LogP contribution >= 0.6 is 0 Å². The fourth-order valence-corrected chi connectivity index (χ4v) is 3.57. The highest BCUT2D eigenvalue weighted by Gasteiger charge is 2.13. The van der Waals surface area contributed by atoms with E-state index in [2.05, 4.69) is 9.98 Å². The maximum atomic E-state index is 10.4. The Labute approximate surface area is 201 Å². The van der Waals surface area contributed by atoms with Gasteiger partial charge in [-0.2, -0.15) is 10.5 Å². The van der Waals surface area contributed by atoms with Gasteiger partial charge in [-0.05, 0) is 52.0 Å². The van der Waals surface area contributed by atoms with Crippen molar-refractivity contribution in [3.05, 3.63) is 58.9 Å². The van der Waals surface area contributed by atoms with E-state index in [4.69, 9.17) is 0 Å². The molecule has 2 N–H and O–H groups in total. The van der Waals surface area contributed by atoms with E-state index in [1.54, 1.807) is 24.3 Å². The second-order valence-corrected chi connectivity index (χ2v) is 7.20. The summed E-state index contributed by atoms with van der Waals surface area (Å²) in [4.78, 5) is 12.5. The van der Waals surface area contributed by atoms with E-state index < -0.39 is 0 Å². The lowest BCUT2D eigenvalue weighted by atomic mass is 10.1. The summed E-state index contributed by atoms with van der Waals surface area (Å²) >= 11 is 0. The second-order valence-electron chi connectivity index (χ2n) is 7.20. The monoisotopic (exact) mass is 458 g/mol. The Morgan fingerprint density at radius 3 is 1.38 bits per heavy atom. The van der Waals surface area contributed by atoms with Crippen LogP contribution in [0.4, 0.5) is 11.4 Å². The maximum Gasteiger partial charge on any atom is 0.176 e. The van der Waals surface area contributed by atoms with Crippen molar-refractivity contribution in [2.24, 2.45) is 9.98 Å². The van der Waals surface area contributed by atoms with E-state index in [0.29, 0.717) is 11.1 Å². The third-order valence-corrected chi connectivity index (χ3v) is 5.41. The Kier molecular flexibility index (Phi) is 9.67. The van der Waals surface area contributed by atoms with Crippen molar-refractivity contribution < 1.29 is 10.2 Å². The van der Waals surface area contributed by atoms with Gasteiger partial charge >= 0.3 is 0 Å². The summed E-state index contributed by atoms with van der Waals surface area (Å²) < 4.78 is 0. The van der Waals surface area contributed by atoms with Crippen molar-refractivity contribution in [3.8, 4) is 23.6 Å². The zero-order valence-corrected chi connectivity index (χ0v) is 20.0. The van der Waals surface area contributed by atoms with Crippen molar-refractivity contribution in [3.63, 3.8) is 0 Å². The minimum Gasteiger partial charge on any atom is -0.507 e. The van der Waals surface area contributed by atoms with Gasteiger partial charge in [-0.3, -0.25) is 0 Å². The largest absolute Gasteiger partial charge is 0.507 e. The molecule has 0 aromatic heterocycles. The molecule has 8 heteroatoms. The summed E-state index contributed by atoms with van der Waals surface area (Å²) in [5.74, 6) is 0.0380. The fraction of sp³-hybridized carbons (Fsp3) is 0.308. The standard InChI is InChI=1S/C26H30N6O2/c1-5-31(6-2)23-11-9-13-25(33)19(23)17-29-21(15-27)22(16-28)30-18-20-24(32(7-3)8-4)12-10-14-26(20)34/h9-14,17-18,33-34H,5-8H2,1-4H3/b22-21+,29-17?,30-18?. The molecule has 0 aliphatic carbocycles. The molecule has 34 heavy (non-hydrogen) atoms. The highest BCUT2D eigenvalue weighted by molar-refractivity contribution is 5.93. The van der Waals surface area contributed by atoms with Crippen LogP contribution in [0.5, 0.6) is 11.5 Å². The molecule has 0 aliphatic heterocycles. The summed E-state index contributed by atoms with van der Waals surface area (Å²) in [7, 11) is 0. The van der Waals surface area contributed by atoms with Gasteiger partial charge in [-0.1, -0.05) is 12.1 Å². The molecule has 0 unspecified atom stereocenters. The Morgan fingerprint density at radius 1 is 0.735 bits per heavy atom. The molecule has 0 saturated carbocycles. The number of allylic oxidation sites excluding steroid dienone is 2. The SMILES string of the molecule is CCN(CC)c1cccc(O)c1C=N/C(C#N)=C(\C#N)N=Cc1c(O)cccc1N(CC)CC. The molecule has 0 bridgehead atoms. The van der Waals surface area contributed by atoms with E-state index in [9.17, 15) is 20.7 Å². The van der Waals surface area contributed by atoms with Gasteiger partial charge in [0.2, 0.25) is 0 Å². The predicted octanol–water partition coefficient (Wildman–Crippen LogP) is 4.59. The van der Waals surface area contributed by atoms with Gasteiger partial charge in [0.25, 0.3) is 0 Å². The first kappa shape index (κ1) is 26.0. The first-order valence-corrected chi connectivity index (χ1v) is 11.2. The van der Waals surface area contributed by atoms with Crippen LogP contribution in [0.3, 0.4) is 0 Å². The lowest BCUT2D eigenvalue weighted by Gasteiger charge is -2.23. The second kappa shape index (κ2) is 12.7. The van der Waals surface area contributed by atoms with E-state index in [1.807, 2.05) is 61.8 Å². The molecule has 0 atom stereocenters. The van der Waals surface area contributed by atoms with Gasteiger partial charge in [0.1, 0.15) is 23.6 Å². The number of hydrogen-bond donors (Lipinski definition) is 2. The minimum absolute atomic E-state index is 0.0190. The van der Waals surface area contributed by atoms with E-state index in [1.165, 1.54) is 12.4 Å². The minimum atomic E-state index is -0.202. The number of aliphatic imine (C=N–C) groups is 2. The molecule has 0 aliphatic rings. The van der Waals surface area contributed by atoms with Crippen LogP contribution in [0.1, 0.15) is 38.8 Å². The number of nitrogens with zero attached hydrogens (tertiary/aromatic N) is 6. The van der Waals surface area contributed by atoms with Crippen LogP contribution in [-0.4, -0.2) is 48.8 Å². The van der Waals surface area contributed by atoms with Crippen molar-refractivity contribution >= 4 is 23.8 Å². The number of nitriles is 2. The zero-order valence-electron chi connectivity index (χ0n) is 20.0. The molecule has 0 saturated heterocycles. The third-order valence-electron chi connectivity index (χ3n) is 5.41. The highest BCUT2D eigenvalue weighted by Crippen LogP contribution is 2.28. The fourth-order valence-electron chi connectivity index (χ4n) is 3.57. The third kappa shape index (κ3) is 5.93. The Hall–Kier alpha value is -4.30. The molecule has 0 radical (unpaired) electrons. The Balaban J connectivity index is 2.53. The zero-order chi connectivity index (χ0) is 25.1. The summed E-state index contributed by atoms with van der Waals surface area (Å²) in [5.41, 5.74) is 2.03. The quantitative estimate of drug-likeness (QED) is 0.397. The first-order chi connectivity index (χ1) is 16.4. The molecule has 0 fully saturated rings. The normalized spacial score (nSPS) is 11.8. The molecular formula is C26H30N6O2. The maximum absolute atomic E-state index is 10.4. The molecule has 8 nitrogen and oxygen atoms in total. The van der Waals surface area contributed by atoms with Crippen LogP contribution in [0, 0.1) is 22.7 Å².